The molecule has 1 aliphatic rings. The second-order valence-electron chi connectivity index (χ2n) is 8.35. The zero-order valence-corrected chi connectivity index (χ0v) is 20.9. The number of nitrogens with one attached hydrogen (secondary N) is 2. The third kappa shape index (κ3) is 9.49. The summed E-state index contributed by atoms with van der Waals surface area (Å²) in [4.78, 5) is 11.2. The van der Waals surface area contributed by atoms with Gasteiger partial charge < -0.3 is 24.6 Å². The van der Waals surface area contributed by atoms with Gasteiger partial charge in [-0.3, -0.25) is 4.79 Å². The van der Waals surface area contributed by atoms with Crippen LogP contribution in [0.4, 0.5) is 0 Å². The molecule has 0 saturated carbocycles. The van der Waals surface area contributed by atoms with Crippen molar-refractivity contribution in [1.82, 2.24) is 10.7 Å². The van der Waals surface area contributed by atoms with Crippen molar-refractivity contribution in [3.05, 3.63) is 58.6 Å². The molecule has 9 heteroatoms. The second-order valence-corrected chi connectivity index (χ2v) is 8.76. The number of hydrazone groups is 1. The number of amides is 1. The SMILES string of the molecule is COCCc1ccc(OC[C@@H](O)CNCCCCOc2ccc(C3=NNC(=O)CC3)cc2Cl)cc1. The maximum atomic E-state index is 11.2. The number of hydrogen-bond acceptors (Lipinski definition) is 7. The van der Waals surface area contributed by atoms with Crippen LogP contribution in [0.15, 0.2) is 47.6 Å². The predicted octanol–water partition coefficient (Wildman–Crippen LogP) is 3.33. The predicted molar refractivity (Wildman–Crippen MR) is 136 cm³/mol. The number of aliphatic hydroxyl groups excluding tert-OH is 1. The van der Waals surface area contributed by atoms with Gasteiger partial charge >= 0.3 is 0 Å². The topological polar surface area (TPSA) is 101 Å². The molecule has 0 spiro atoms. The molecule has 190 valence electrons. The molecule has 0 saturated heterocycles. The first-order chi connectivity index (χ1) is 17.0. The lowest BCUT2D eigenvalue weighted by Gasteiger charge is -2.14. The largest absolute Gasteiger partial charge is 0.492 e. The van der Waals surface area contributed by atoms with Crippen molar-refractivity contribution >= 4 is 23.2 Å². The maximum Gasteiger partial charge on any atom is 0.240 e. The fraction of sp³-hybridized carbons (Fsp3) is 0.462. The number of unbranched alkanes of at least 4 members (excludes halogenated alkanes) is 1. The van der Waals surface area contributed by atoms with E-state index in [9.17, 15) is 9.90 Å². The van der Waals surface area contributed by atoms with Crippen molar-refractivity contribution in [2.45, 2.75) is 38.2 Å². The molecule has 0 fully saturated rings. The lowest BCUT2D eigenvalue weighted by Crippen LogP contribution is -2.32. The molecule has 2 aromatic rings. The van der Waals surface area contributed by atoms with E-state index in [1.165, 1.54) is 5.56 Å². The van der Waals surface area contributed by atoms with E-state index in [1.807, 2.05) is 42.5 Å². The first kappa shape index (κ1) is 26.9. The van der Waals surface area contributed by atoms with Gasteiger partial charge in [-0.25, -0.2) is 5.43 Å². The average Bonchev–Trinajstić information content (AvgIpc) is 2.87. The van der Waals surface area contributed by atoms with Crippen LogP contribution in [0.3, 0.4) is 0 Å². The summed E-state index contributed by atoms with van der Waals surface area (Å²) in [7, 11) is 1.69. The average molecular weight is 504 g/mol. The summed E-state index contributed by atoms with van der Waals surface area (Å²) >= 11 is 6.35. The van der Waals surface area contributed by atoms with Crippen LogP contribution in [0.2, 0.25) is 5.02 Å². The molecule has 1 aliphatic heterocycles. The first-order valence-corrected chi connectivity index (χ1v) is 12.3. The van der Waals surface area contributed by atoms with Crippen LogP contribution in [0.1, 0.15) is 36.8 Å². The minimum atomic E-state index is -0.584. The van der Waals surface area contributed by atoms with Crippen LogP contribution in [0.5, 0.6) is 11.5 Å². The summed E-state index contributed by atoms with van der Waals surface area (Å²) in [6, 6.07) is 13.4. The van der Waals surface area contributed by atoms with Crippen molar-refractivity contribution in [3.8, 4) is 11.5 Å². The third-order valence-electron chi connectivity index (χ3n) is 5.52. The van der Waals surface area contributed by atoms with Gasteiger partial charge in [0.15, 0.2) is 0 Å². The molecule has 35 heavy (non-hydrogen) atoms. The molecule has 3 N–H and O–H groups in total. The van der Waals surface area contributed by atoms with Crippen LogP contribution < -0.4 is 20.2 Å². The van der Waals surface area contributed by atoms with Gasteiger partial charge in [0.25, 0.3) is 0 Å². The minimum Gasteiger partial charge on any atom is -0.492 e. The standard InChI is InChI=1S/C26H34ClN3O5/c1-33-15-12-19-4-7-22(8-5-19)35-18-21(31)17-28-13-2-3-14-34-25-10-6-20(16-23(25)27)24-9-11-26(32)30-29-24/h4-8,10,16,21,28,31H,2-3,9,11-15,17-18H2,1H3,(H,30,32)/t21-/m0/s1. The Morgan fingerprint density at radius 2 is 1.94 bits per heavy atom. The summed E-state index contributed by atoms with van der Waals surface area (Å²) in [5, 5.41) is 18.0. The van der Waals surface area contributed by atoms with Gasteiger partial charge in [0.1, 0.15) is 24.2 Å². The smallest absolute Gasteiger partial charge is 0.240 e. The van der Waals surface area contributed by atoms with E-state index < -0.39 is 6.10 Å². The Labute approximate surface area is 211 Å². The summed E-state index contributed by atoms with van der Waals surface area (Å²) in [5.74, 6) is 1.30. The molecule has 0 radical (unpaired) electrons. The Morgan fingerprint density at radius 3 is 2.66 bits per heavy atom. The number of methoxy groups -OCH3 is 1. The molecule has 1 amide bonds. The number of nitrogens with zero attached hydrogens (tertiary/aromatic N) is 1. The molecule has 0 aromatic heterocycles. The summed E-state index contributed by atoms with van der Waals surface area (Å²) in [5.41, 5.74) is 5.38. The first-order valence-electron chi connectivity index (χ1n) is 11.9. The van der Waals surface area contributed by atoms with E-state index in [0.717, 1.165) is 42.8 Å². The quantitative estimate of drug-likeness (QED) is 0.322. The Hall–Kier alpha value is -2.65. The van der Waals surface area contributed by atoms with E-state index in [0.29, 0.717) is 43.4 Å². The Morgan fingerprint density at radius 1 is 1.11 bits per heavy atom. The zero-order valence-electron chi connectivity index (χ0n) is 20.1. The van der Waals surface area contributed by atoms with E-state index >= 15 is 0 Å². The van der Waals surface area contributed by atoms with Gasteiger partial charge in [0, 0.05) is 26.5 Å². The number of aliphatic hydroxyl groups is 1. The summed E-state index contributed by atoms with van der Waals surface area (Å²) < 4.78 is 16.5. The van der Waals surface area contributed by atoms with Crippen molar-refractivity contribution in [2.24, 2.45) is 5.10 Å². The fourth-order valence-corrected chi connectivity index (χ4v) is 3.74. The zero-order chi connectivity index (χ0) is 24.9. The highest BCUT2D eigenvalue weighted by atomic mass is 35.5. The molecule has 0 unspecified atom stereocenters. The number of rotatable bonds is 15. The van der Waals surface area contributed by atoms with Crippen molar-refractivity contribution in [2.75, 3.05) is 40.0 Å². The minimum absolute atomic E-state index is 0.0722. The monoisotopic (exact) mass is 503 g/mol. The van der Waals surface area contributed by atoms with Gasteiger partial charge in [0.05, 0.1) is 23.9 Å². The lowest BCUT2D eigenvalue weighted by molar-refractivity contribution is -0.121. The van der Waals surface area contributed by atoms with E-state index in [1.54, 1.807) is 7.11 Å². The van der Waals surface area contributed by atoms with E-state index in [4.69, 9.17) is 25.8 Å². The molecule has 3 rings (SSSR count). The number of benzene rings is 2. The number of carbonyl (C=O) groups excluding carboxylic acids is 1. The number of hydrogen-bond donors (Lipinski definition) is 3. The highest BCUT2D eigenvalue weighted by Crippen LogP contribution is 2.27. The van der Waals surface area contributed by atoms with Gasteiger partial charge in [-0.05, 0) is 67.3 Å². The molecular formula is C26H34ClN3O5. The second kappa shape index (κ2) is 14.7. The Balaban J connectivity index is 1.25. The molecule has 1 heterocycles. The van der Waals surface area contributed by atoms with Gasteiger partial charge in [-0.1, -0.05) is 23.7 Å². The van der Waals surface area contributed by atoms with Crippen molar-refractivity contribution < 1.29 is 24.1 Å². The maximum absolute atomic E-state index is 11.2. The number of ether oxygens (including phenoxy) is 3. The normalized spacial score (nSPS) is 14.3. The van der Waals surface area contributed by atoms with Crippen LogP contribution >= 0.6 is 11.6 Å². The van der Waals surface area contributed by atoms with Crippen LogP contribution in [-0.2, 0) is 16.0 Å². The summed E-state index contributed by atoms with van der Waals surface area (Å²) in [6.07, 6.45) is 3.06. The van der Waals surface area contributed by atoms with Crippen molar-refractivity contribution in [3.63, 3.8) is 0 Å². The fourth-order valence-electron chi connectivity index (χ4n) is 3.51. The van der Waals surface area contributed by atoms with Crippen LogP contribution in [-0.4, -0.2) is 62.8 Å². The lowest BCUT2D eigenvalue weighted by atomic mass is 10.0. The van der Waals surface area contributed by atoms with E-state index in [2.05, 4.69) is 15.8 Å². The highest BCUT2D eigenvalue weighted by Gasteiger charge is 2.14. The van der Waals surface area contributed by atoms with Gasteiger partial charge in [-0.15, -0.1) is 0 Å². The van der Waals surface area contributed by atoms with Gasteiger partial charge in [-0.2, -0.15) is 5.10 Å². The third-order valence-corrected chi connectivity index (χ3v) is 5.81. The molecule has 1 atom stereocenters. The van der Waals surface area contributed by atoms with Crippen molar-refractivity contribution in [1.29, 1.82) is 0 Å². The molecular weight excluding hydrogens is 470 g/mol. The molecule has 8 nitrogen and oxygen atoms in total. The summed E-state index contributed by atoms with van der Waals surface area (Å²) in [6.45, 7) is 2.71. The van der Waals surface area contributed by atoms with E-state index in [-0.39, 0.29) is 12.5 Å². The number of carbonyl (C=O) groups is 1. The molecule has 2 aromatic carbocycles. The molecule has 0 aliphatic carbocycles. The highest BCUT2D eigenvalue weighted by molar-refractivity contribution is 6.32. The van der Waals surface area contributed by atoms with Crippen LogP contribution in [0.25, 0.3) is 0 Å². The number of halogens is 1. The van der Waals surface area contributed by atoms with Crippen LogP contribution in [0, 0.1) is 0 Å². The molecule has 0 bridgehead atoms. The Kier molecular flexibility index (Phi) is 11.3. The van der Waals surface area contributed by atoms with Gasteiger partial charge in [0.2, 0.25) is 5.91 Å². The Bertz CT molecular complexity index is 968.